The molecule has 1 atom stereocenters. The lowest BCUT2D eigenvalue weighted by Crippen LogP contribution is -2.27. The lowest BCUT2D eigenvalue weighted by atomic mass is 9.82. The van der Waals surface area contributed by atoms with Crippen LogP contribution in [0.2, 0.25) is 0 Å². The van der Waals surface area contributed by atoms with Crippen LogP contribution in [0.5, 0.6) is 0 Å². The van der Waals surface area contributed by atoms with E-state index in [2.05, 4.69) is 48.5 Å². The minimum Gasteiger partial charge on any atom is -0.291 e. The second kappa shape index (κ2) is 5.53. The normalized spacial score (nSPS) is 16.1. The average Bonchev–Trinajstić information content (AvgIpc) is 2.00. The molecule has 0 N–H and O–H groups in total. The fraction of sp³-hybridized carbons (Fsp3) is 0.923. The maximum Gasteiger partial charge on any atom is 0.0549 e. The van der Waals surface area contributed by atoms with Gasteiger partial charge in [0.2, 0.25) is 0 Å². The highest BCUT2D eigenvalue weighted by Crippen LogP contribution is 2.27. The van der Waals surface area contributed by atoms with Crippen molar-refractivity contribution in [3.8, 4) is 0 Å². The number of rotatable bonds is 4. The maximum absolute atomic E-state index is 4.82. The Kier molecular flexibility index (Phi) is 5.40. The summed E-state index contributed by atoms with van der Waals surface area (Å²) in [4.78, 5) is 4.82. The van der Waals surface area contributed by atoms with E-state index in [1.165, 1.54) is 12.1 Å². The van der Waals surface area contributed by atoms with Gasteiger partial charge in [0.25, 0.3) is 0 Å². The maximum atomic E-state index is 4.82. The SMILES string of the molecule is CC/C(C)=N/C(CC(C)C)C(C)(C)C. The molecule has 1 heteroatoms. The van der Waals surface area contributed by atoms with Gasteiger partial charge in [0.15, 0.2) is 0 Å². The Morgan fingerprint density at radius 2 is 1.71 bits per heavy atom. The minimum absolute atomic E-state index is 0.292. The molecule has 0 saturated heterocycles. The summed E-state index contributed by atoms with van der Waals surface area (Å²) in [7, 11) is 0. The van der Waals surface area contributed by atoms with Crippen LogP contribution >= 0.6 is 0 Å². The van der Waals surface area contributed by atoms with Crippen LogP contribution in [0, 0.1) is 11.3 Å². The summed E-state index contributed by atoms with van der Waals surface area (Å²) in [5.41, 5.74) is 1.58. The van der Waals surface area contributed by atoms with E-state index >= 15 is 0 Å². The van der Waals surface area contributed by atoms with Gasteiger partial charge in [-0.2, -0.15) is 0 Å². The number of aliphatic imine (C=N–C) groups is 1. The highest BCUT2D eigenvalue weighted by molar-refractivity contribution is 5.81. The standard InChI is InChI=1S/C13H27N/c1-8-11(4)14-12(9-10(2)3)13(5,6)7/h10,12H,8-9H2,1-7H3/b14-11+. The third-order valence-electron chi connectivity index (χ3n) is 2.58. The van der Waals surface area contributed by atoms with E-state index < -0.39 is 0 Å². The molecule has 0 aliphatic carbocycles. The summed E-state index contributed by atoms with van der Waals surface area (Å²) in [6.45, 7) is 15.7. The van der Waals surface area contributed by atoms with Crippen molar-refractivity contribution in [2.45, 2.75) is 67.3 Å². The van der Waals surface area contributed by atoms with Gasteiger partial charge in [-0.3, -0.25) is 4.99 Å². The van der Waals surface area contributed by atoms with Crippen molar-refractivity contribution in [3.05, 3.63) is 0 Å². The van der Waals surface area contributed by atoms with Crippen LogP contribution in [-0.2, 0) is 0 Å². The van der Waals surface area contributed by atoms with Crippen LogP contribution in [-0.4, -0.2) is 11.8 Å². The number of hydrogen-bond donors (Lipinski definition) is 0. The van der Waals surface area contributed by atoms with Crippen LogP contribution in [0.4, 0.5) is 0 Å². The summed E-state index contributed by atoms with van der Waals surface area (Å²) in [6, 6.07) is 0.474. The Hall–Kier alpha value is -0.330. The molecule has 0 aromatic rings. The summed E-state index contributed by atoms with van der Waals surface area (Å²) in [6.07, 6.45) is 2.27. The lowest BCUT2D eigenvalue weighted by molar-refractivity contribution is 0.283. The van der Waals surface area contributed by atoms with Crippen molar-refractivity contribution in [1.29, 1.82) is 0 Å². The first-order valence-electron chi connectivity index (χ1n) is 5.80. The molecule has 0 radical (unpaired) electrons. The van der Waals surface area contributed by atoms with E-state index in [0.717, 1.165) is 12.3 Å². The monoisotopic (exact) mass is 197 g/mol. The third kappa shape index (κ3) is 5.41. The molecule has 0 amide bonds. The highest BCUT2D eigenvalue weighted by Gasteiger charge is 2.24. The zero-order chi connectivity index (χ0) is 11.4. The molecule has 0 bridgehead atoms. The largest absolute Gasteiger partial charge is 0.291 e. The summed E-state index contributed by atoms with van der Waals surface area (Å²) >= 11 is 0. The highest BCUT2D eigenvalue weighted by atomic mass is 14.8. The zero-order valence-electron chi connectivity index (χ0n) is 11.0. The van der Waals surface area contributed by atoms with E-state index in [1.807, 2.05) is 0 Å². The van der Waals surface area contributed by atoms with Crippen molar-refractivity contribution in [1.82, 2.24) is 0 Å². The average molecular weight is 197 g/mol. The lowest BCUT2D eigenvalue weighted by Gasteiger charge is -2.29. The molecule has 0 aliphatic heterocycles. The molecule has 0 aliphatic rings. The van der Waals surface area contributed by atoms with Crippen molar-refractivity contribution >= 4 is 5.71 Å². The molecule has 1 unspecified atom stereocenters. The molecule has 0 saturated carbocycles. The molecule has 0 aromatic carbocycles. The van der Waals surface area contributed by atoms with Crippen LogP contribution in [0.1, 0.15) is 61.3 Å². The first kappa shape index (κ1) is 13.7. The predicted molar refractivity (Wildman–Crippen MR) is 66.1 cm³/mol. The quantitative estimate of drug-likeness (QED) is 0.595. The van der Waals surface area contributed by atoms with Gasteiger partial charge in [-0.05, 0) is 31.1 Å². The topological polar surface area (TPSA) is 12.4 Å². The van der Waals surface area contributed by atoms with Crippen LogP contribution < -0.4 is 0 Å². The summed E-state index contributed by atoms with van der Waals surface area (Å²) in [5, 5.41) is 0. The van der Waals surface area contributed by atoms with Gasteiger partial charge < -0.3 is 0 Å². The van der Waals surface area contributed by atoms with Crippen molar-refractivity contribution in [2.24, 2.45) is 16.3 Å². The van der Waals surface area contributed by atoms with Gasteiger partial charge >= 0.3 is 0 Å². The first-order chi connectivity index (χ1) is 6.27. The second-order valence-electron chi connectivity index (χ2n) is 5.73. The van der Waals surface area contributed by atoms with Crippen molar-refractivity contribution < 1.29 is 0 Å². The Bertz CT molecular complexity index is 184. The summed E-state index contributed by atoms with van der Waals surface area (Å²) < 4.78 is 0. The smallest absolute Gasteiger partial charge is 0.0549 e. The number of hydrogen-bond acceptors (Lipinski definition) is 1. The van der Waals surface area contributed by atoms with Gasteiger partial charge in [0, 0.05) is 5.71 Å². The zero-order valence-corrected chi connectivity index (χ0v) is 11.0. The Labute approximate surface area is 90.0 Å². The Morgan fingerprint density at radius 1 is 1.21 bits per heavy atom. The van der Waals surface area contributed by atoms with E-state index in [4.69, 9.17) is 4.99 Å². The predicted octanol–water partition coefficient (Wildman–Crippen LogP) is 4.32. The minimum atomic E-state index is 0.292. The van der Waals surface area contributed by atoms with Gasteiger partial charge in [0.1, 0.15) is 0 Å². The van der Waals surface area contributed by atoms with E-state index in [-0.39, 0.29) is 0 Å². The van der Waals surface area contributed by atoms with E-state index in [1.54, 1.807) is 0 Å². The van der Waals surface area contributed by atoms with E-state index in [9.17, 15) is 0 Å². The molecule has 0 rings (SSSR count). The summed E-state index contributed by atoms with van der Waals surface area (Å²) in [5.74, 6) is 0.729. The van der Waals surface area contributed by atoms with E-state index in [0.29, 0.717) is 11.5 Å². The third-order valence-corrected chi connectivity index (χ3v) is 2.58. The first-order valence-corrected chi connectivity index (χ1v) is 5.80. The molecule has 84 valence electrons. The van der Waals surface area contributed by atoms with Crippen LogP contribution in [0.25, 0.3) is 0 Å². The molecule has 0 aromatic heterocycles. The Morgan fingerprint density at radius 3 is 2.00 bits per heavy atom. The molecule has 0 heterocycles. The van der Waals surface area contributed by atoms with Crippen molar-refractivity contribution in [3.63, 3.8) is 0 Å². The van der Waals surface area contributed by atoms with Gasteiger partial charge in [0.05, 0.1) is 6.04 Å². The van der Waals surface area contributed by atoms with Gasteiger partial charge in [-0.25, -0.2) is 0 Å². The molecule has 0 spiro atoms. The molecule has 14 heavy (non-hydrogen) atoms. The van der Waals surface area contributed by atoms with Crippen LogP contribution in [0.15, 0.2) is 4.99 Å². The molecular weight excluding hydrogens is 170 g/mol. The van der Waals surface area contributed by atoms with Crippen molar-refractivity contribution in [2.75, 3.05) is 0 Å². The van der Waals surface area contributed by atoms with Gasteiger partial charge in [-0.1, -0.05) is 41.5 Å². The Balaban J connectivity index is 4.57. The second-order valence-corrected chi connectivity index (χ2v) is 5.73. The fourth-order valence-corrected chi connectivity index (χ4v) is 1.40. The molecule has 0 fully saturated rings. The number of nitrogens with zero attached hydrogens (tertiary/aromatic N) is 1. The molecular formula is C13H27N. The van der Waals surface area contributed by atoms with Gasteiger partial charge in [-0.15, -0.1) is 0 Å². The molecule has 1 nitrogen and oxygen atoms in total. The fourth-order valence-electron chi connectivity index (χ4n) is 1.40. The van der Waals surface area contributed by atoms with Crippen LogP contribution in [0.3, 0.4) is 0 Å².